The van der Waals surface area contributed by atoms with Crippen LogP contribution in [0.3, 0.4) is 0 Å². The summed E-state index contributed by atoms with van der Waals surface area (Å²) in [6.07, 6.45) is 2.49. The molecular weight excluding hydrogens is 396 g/mol. The minimum absolute atomic E-state index is 0.251. The van der Waals surface area contributed by atoms with Gasteiger partial charge in [0.1, 0.15) is 5.01 Å². The maximum Gasteiger partial charge on any atom is 0.192 e. The predicted octanol–water partition coefficient (Wildman–Crippen LogP) is 5.09. The van der Waals surface area contributed by atoms with Gasteiger partial charge in [-0.05, 0) is 36.4 Å². The lowest BCUT2D eigenvalue weighted by Gasteiger charge is -2.14. The molecule has 1 aromatic carbocycles. The zero-order valence-corrected chi connectivity index (χ0v) is 17.0. The van der Waals surface area contributed by atoms with E-state index < -0.39 is 0 Å². The molecule has 0 spiro atoms. The summed E-state index contributed by atoms with van der Waals surface area (Å²) in [5.74, 6) is 1.74. The Morgan fingerprint density at radius 1 is 1.19 bits per heavy atom. The first-order valence-corrected chi connectivity index (χ1v) is 11.6. The summed E-state index contributed by atoms with van der Waals surface area (Å²) in [6, 6.07) is 12.4. The molecule has 3 aromatic heterocycles. The van der Waals surface area contributed by atoms with Gasteiger partial charge >= 0.3 is 0 Å². The Bertz CT molecular complexity index is 1000. The van der Waals surface area contributed by atoms with E-state index in [-0.39, 0.29) is 6.10 Å². The second-order valence-corrected chi connectivity index (χ2v) is 9.40. The van der Waals surface area contributed by atoms with Crippen LogP contribution in [0.5, 0.6) is 0 Å². The summed E-state index contributed by atoms with van der Waals surface area (Å²) in [5, 5.41) is 13.1. The molecule has 1 saturated heterocycles. The maximum atomic E-state index is 5.86. The number of thiophene rings is 1. The number of para-hydroxylation sites is 1. The van der Waals surface area contributed by atoms with Crippen molar-refractivity contribution in [3.05, 3.63) is 46.8 Å². The van der Waals surface area contributed by atoms with Crippen molar-refractivity contribution >= 4 is 44.7 Å². The highest BCUT2D eigenvalue weighted by Crippen LogP contribution is 2.32. The highest BCUT2D eigenvalue weighted by Gasteiger charge is 2.22. The second kappa shape index (κ2) is 7.71. The molecule has 1 fully saturated rings. The average Bonchev–Trinajstić information content (AvgIpc) is 3.47. The van der Waals surface area contributed by atoms with Gasteiger partial charge in [-0.1, -0.05) is 30.0 Å². The van der Waals surface area contributed by atoms with E-state index in [1.807, 2.05) is 6.07 Å². The van der Waals surface area contributed by atoms with Crippen LogP contribution in [0.15, 0.2) is 46.9 Å². The topological polar surface area (TPSA) is 52.8 Å². The molecule has 8 heteroatoms. The molecule has 0 aliphatic carbocycles. The van der Waals surface area contributed by atoms with Crippen molar-refractivity contribution in [2.75, 3.05) is 6.61 Å². The number of hydrogen-bond acceptors (Lipinski definition) is 7. The van der Waals surface area contributed by atoms with Crippen LogP contribution in [-0.2, 0) is 17.0 Å². The largest absolute Gasteiger partial charge is 0.376 e. The first-order valence-electron chi connectivity index (χ1n) is 8.93. The number of fused-ring (bicyclic) bond motifs is 1. The third kappa shape index (κ3) is 3.67. The molecule has 5 rings (SSSR count). The van der Waals surface area contributed by atoms with Crippen molar-refractivity contribution in [2.24, 2.45) is 0 Å². The molecule has 4 aromatic rings. The van der Waals surface area contributed by atoms with Crippen molar-refractivity contribution in [3.63, 3.8) is 0 Å². The molecule has 0 amide bonds. The first-order chi connectivity index (χ1) is 13.4. The van der Waals surface area contributed by atoms with Gasteiger partial charge in [0.05, 0.1) is 33.5 Å². The Balaban J connectivity index is 1.40. The fourth-order valence-corrected chi connectivity index (χ4v) is 5.87. The number of rotatable bonds is 6. The summed E-state index contributed by atoms with van der Waals surface area (Å²) in [7, 11) is 0. The third-order valence-electron chi connectivity index (χ3n) is 4.53. The Kier molecular flexibility index (Phi) is 4.96. The lowest BCUT2D eigenvalue weighted by Crippen LogP contribution is -2.16. The zero-order chi connectivity index (χ0) is 18.1. The molecule has 0 radical (unpaired) electrons. The van der Waals surface area contributed by atoms with Gasteiger partial charge in [0, 0.05) is 6.61 Å². The summed E-state index contributed by atoms with van der Waals surface area (Å²) >= 11 is 5.15. The summed E-state index contributed by atoms with van der Waals surface area (Å²) in [6.45, 7) is 1.66. The fourth-order valence-electron chi connectivity index (χ4n) is 3.25. The number of ether oxygens (including phenoxy) is 1. The van der Waals surface area contributed by atoms with Crippen LogP contribution in [0, 0.1) is 0 Å². The monoisotopic (exact) mass is 414 g/mol. The molecule has 1 aliphatic rings. The Morgan fingerprint density at radius 2 is 2.15 bits per heavy atom. The van der Waals surface area contributed by atoms with Crippen molar-refractivity contribution in [3.8, 4) is 10.7 Å². The number of aromatic nitrogens is 4. The SMILES string of the molecule is c1csc(-c2nnc(SCc3nc4ccccc4s3)n2C[C@@H]2CCCO2)c1. The van der Waals surface area contributed by atoms with E-state index in [1.54, 1.807) is 34.4 Å². The molecule has 4 heterocycles. The van der Waals surface area contributed by atoms with Gasteiger partial charge in [0.25, 0.3) is 0 Å². The van der Waals surface area contributed by atoms with E-state index in [9.17, 15) is 0 Å². The van der Waals surface area contributed by atoms with Crippen LogP contribution in [0.2, 0.25) is 0 Å². The quantitative estimate of drug-likeness (QED) is 0.412. The zero-order valence-electron chi connectivity index (χ0n) is 14.6. The Morgan fingerprint density at radius 3 is 2.96 bits per heavy atom. The predicted molar refractivity (Wildman–Crippen MR) is 111 cm³/mol. The third-order valence-corrected chi connectivity index (χ3v) is 7.59. The molecule has 0 N–H and O–H groups in total. The Labute approximate surface area is 169 Å². The van der Waals surface area contributed by atoms with Gasteiger partial charge in [-0.25, -0.2) is 4.98 Å². The van der Waals surface area contributed by atoms with E-state index in [2.05, 4.69) is 50.5 Å². The molecular formula is C19H18N4OS3. The van der Waals surface area contributed by atoms with Crippen LogP contribution in [0.25, 0.3) is 20.9 Å². The average molecular weight is 415 g/mol. The van der Waals surface area contributed by atoms with Crippen molar-refractivity contribution in [1.29, 1.82) is 0 Å². The van der Waals surface area contributed by atoms with E-state index >= 15 is 0 Å². The van der Waals surface area contributed by atoms with E-state index in [0.717, 1.165) is 58.1 Å². The molecule has 5 nitrogen and oxygen atoms in total. The maximum absolute atomic E-state index is 5.86. The van der Waals surface area contributed by atoms with Crippen LogP contribution in [0.1, 0.15) is 17.8 Å². The number of nitrogens with zero attached hydrogens (tertiary/aromatic N) is 4. The molecule has 138 valence electrons. The van der Waals surface area contributed by atoms with Gasteiger partial charge in [0.15, 0.2) is 11.0 Å². The van der Waals surface area contributed by atoms with Gasteiger partial charge < -0.3 is 4.74 Å². The summed E-state index contributed by atoms with van der Waals surface area (Å²) in [5.41, 5.74) is 1.07. The number of hydrogen-bond donors (Lipinski definition) is 0. The van der Waals surface area contributed by atoms with Crippen molar-refractivity contribution < 1.29 is 4.74 Å². The molecule has 1 aliphatic heterocycles. The van der Waals surface area contributed by atoms with Crippen LogP contribution < -0.4 is 0 Å². The minimum Gasteiger partial charge on any atom is -0.376 e. The highest BCUT2D eigenvalue weighted by atomic mass is 32.2. The van der Waals surface area contributed by atoms with Crippen LogP contribution >= 0.6 is 34.4 Å². The van der Waals surface area contributed by atoms with Gasteiger partial charge in [-0.2, -0.15) is 0 Å². The molecule has 1 atom stereocenters. The Hall–Kier alpha value is -1.74. The number of thioether (sulfide) groups is 1. The second-order valence-electron chi connectivity index (χ2n) is 6.39. The van der Waals surface area contributed by atoms with Gasteiger partial charge in [0.2, 0.25) is 0 Å². The highest BCUT2D eigenvalue weighted by molar-refractivity contribution is 7.98. The number of benzene rings is 1. The van der Waals surface area contributed by atoms with Crippen LogP contribution in [-0.4, -0.2) is 32.5 Å². The lowest BCUT2D eigenvalue weighted by atomic mass is 10.2. The van der Waals surface area contributed by atoms with E-state index in [1.165, 1.54) is 4.70 Å². The van der Waals surface area contributed by atoms with Crippen molar-refractivity contribution in [2.45, 2.75) is 36.4 Å². The molecule has 0 unspecified atom stereocenters. The molecule has 0 saturated carbocycles. The summed E-state index contributed by atoms with van der Waals surface area (Å²) < 4.78 is 9.32. The summed E-state index contributed by atoms with van der Waals surface area (Å²) in [4.78, 5) is 5.88. The molecule has 27 heavy (non-hydrogen) atoms. The van der Waals surface area contributed by atoms with Crippen molar-refractivity contribution in [1.82, 2.24) is 19.7 Å². The fraction of sp³-hybridized carbons (Fsp3) is 0.316. The van der Waals surface area contributed by atoms with Crippen LogP contribution in [0.4, 0.5) is 0 Å². The lowest BCUT2D eigenvalue weighted by molar-refractivity contribution is 0.0953. The number of thiazole rings is 1. The van der Waals surface area contributed by atoms with Gasteiger partial charge in [-0.15, -0.1) is 32.9 Å². The normalized spacial score (nSPS) is 17.1. The first kappa shape index (κ1) is 17.4. The minimum atomic E-state index is 0.251. The van der Waals surface area contributed by atoms with E-state index in [4.69, 9.17) is 9.72 Å². The molecule has 0 bridgehead atoms. The standard InChI is InChI=1S/C19H18N4OS3/c1-2-7-15-14(6-1)20-17(27-15)12-26-19-22-21-18(16-8-4-10-25-16)23(19)11-13-5-3-9-24-13/h1-2,4,6-8,10,13H,3,5,9,11-12H2/t13-/m0/s1. The smallest absolute Gasteiger partial charge is 0.192 e. The van der Waals surface area contributed by atoms with E-state index in [0.29, 0.717) is 0 Å². The van der Waals surface area contributed by atoms with Gasteiger partial charge in [-0.3, -0.25) is 4.57 Å².